The smallest absolute Gasteiger partial charge is 0.237 e. The van der Waals surface area contributed by atoms with Crippen molar-refractivity contribution in [1.29, 1.82) is 0 Å². The van der Waals surface area contributed by atoms with Crippen molar-refractivity contribution >= 4 is 23.4 Å². The number of hydrogen-bond donors (Lipinski definition) is 1. The van der Waals surface area contributed by atoms with Crippen LogP contribution in [0.2, 0.25) is 0 Å². The van der Waals surface area contributed by atoms with Gasteiger partial charge in [0.25, 0.3) is 0 Å². The van der Waals surface area contributed by atoms with E-state index in [1.165, 1.54) is 6.33 Å². The summed E-state index contributed by atoms with van der Waals surface area (Å²) in [5.74, 6) is -4.98. The van der Waals surface area contributed by atoms with Crippen LogP contribution in [0.3, 0.4) is 0 Å². The highest BCUT2D eigenvalue weighted by molar-refractivity contribution is 8.00. The van der Waals surface area contributed by atoms with Crippen LogP contribution in [0.15, 0.2) is 53.9 Å². The number of carbonyl (C=O) groups is 1. The molecular formula is C17H13F3N4OS. The zero-order valence-corrected chi connectivity index (χ0v) is 14.3. The monoisotopic (exact) mass is 378 g/mol. The third-order valence-electron chi connectivity index (χ3n) is 3.50. The number of nitrogens with one attached hydrogen (secondary N) is 1. The first-order valence-corrected chi connectivity index (χ1v) is 8.42. The van der Waals surface area contributed by atoms with Crippen LogP contribution in [-0.2, 0) is 4.79 Å². The minimum atomic E-state index is -1.63. The molecule has 0 aliphatic rings. The Kier molecular flexibility index (Phi) is 5.27. The molecule has 2 aromatic carbocycles. The number of anilines is 1. The maximum Gasteiger partial charge on any atom is 0.237 e. The lowest BCUT2D eigenvalue weighted by Crippen LogP contribution is -2.23. The molecule has 1 heterocycles. The third kappa shape index (κ3) is 3.72. The summed E-state index contributed by atoms with van der Waals surface area (Å²) in [6.07, 6.45) is 1.51. The van der Waals surface area contributed by atoms with Gasteiger partial charge in [-0.3, -0.25) is 9.36 Å². The van der Waals surface area contributed by atoms with Crippen LogP contribution >= 0.6 is 11.8 Å². The number of nitrogens with zero attached hydrogens (tertiary/aromatic N) is 3. The van der Waals surface area contributed by atoms with Crippen molar-refractivity contribution < 1.29 is 18.0 Å². The number of carbonyl (C=O) groups excluding carboxylic acids is 1. The first kappa shape index (κ1) is 18.0. The standard InChI is InChI=1S/C17H13F3N4OS/c1-10(16(25)22-13-8-7-12(18)14(19)15(13)20)26-17-23-21-9-24(17)11-5-3-2-4-6-11/h2-10H,1H3,(H,22,25). The number of hydrogen-bond acceptors (Lipinski definition) is 4. The number of para-hydroxylation sites is 1. The molecule has 0 saturated carbocycles. The first-order chi connectivity index (χ1) is 12.5. The lowest BCUT2D eigenvalue weighted by molar-refractivity contribution is -0.115. The Labute approximate surface area is 151 Å². The Morgan fingerprint density at radius 2 is 1.85 bits per heavy atom. The van der Waals surface area contributed by atoms with Crippen LogP contribution in [-0.4, -0.2) is 25.9 Å². The summed E-state index contributed by atoms with van der Waals surface area (Å²) >= 11 is 1.10. The highest BCUT2D eigenvalue weighted by atomic mass is 32.2. The van der Waals surface area contributed by atoms with Gasteiger partial charge in [0.15, 0.2) is 22.6 Å². The van der Waals surface area contributed by atoms with E-state index in [-0.39, 0.29) is 0 Å². The summed E-state index contributed by atoms with van der Waals surface area (Å²) in [5.41, 5.74) is 0.394. The van der Waals surface area contributed by atoms with E-state index in [0.717, 1.165) is 29.6 Å². The molecule has 0 aliphatic carbocycles. The lowest BCUT2D eigenvalue weighted by atomic mass is 10.2. The van der Waals surface area contributed by atoms with Gasteiger partial charge >= 0.3 is 0 Å². The van der Waals surface area contributed by atoms with Crippen molar-refractivity contribution in [1.82, 2.24) is 14.8 Å². The fraction of sp³-hybridized carbons (Fsp3) is 0.118. The van der Waals surface area contributed by atoms with Crippen LogP contribution in [0.5, 0.6) is 0 Å². The number of benzene rings is 2. The Balaban J connectivity index is 1.73. The summed E-state index contributed by atoms with van der Waals surface area (Å²) in [4.78, 5) is 12.3. The van der Waals surface area contributed by atoms with Crippen LogP contribution in [0, 0.1) is 17.5 Å². The number of halogens is 3. The number of aromatic nitrogens is 3. The Hall–Kier alpha value is -2.81. The van der Waals surface area contributed by atoms with E-state index < -0.39 is 34.3 Å². The maximum absolute atomic E-state index is 13.7. The minimum Gasteiger partial charge on any atom is -0.323 e. The van der Waals surface area contributed by atoms with Crippen molar-refractivity contribution in [3.8, 4) is 5.69 Å². The molecule has 5 nitrogen and oxygen atoms in total. The van der Waals surface area contributed by atoms with Gasteiger partial charge in [-0.05, 0) is 31.2 Å². The summed E-state index contributed by atoms with van der Waals surface area (Å²) < 4.78 is 41.6. The van der Waals surface area contributed by atoms with Gasteiger partial charge in [0, 0.05) is 5.69 Å². The number of amides is 1. The van der Waals surface area contributed by atoms with Gasteiger partial charge in [-0.2, -0.15) is 0 Å². The van der Waals surface area contributed by atoms with Crippen LogP contribution in [0.25, 0.3) is 5.69 Å². The second-order valence-corrected chi connectivity index (χ2v) is 6.60. The molecule has 1 atom stereocenters. The van der Waals surface area contributed by atoms with E-state index in [9.17, 15) is 18.0 Å². The summed E-state index contributed by atoms with van der Waals surface area (Å²) in [7, 11) is 0. The van der Waals surface area contributed by atoms with E-state index in [4.69, 9.17) is 0 Å². The van der Waals surface area contributed by atoms with Crippen LogP contribution in [0.1, 0.15) is 6.92 Å². The van der Waals surface area contributed by atoms with Gasteiger partial charge in [0.2, 0.25) is 5.91 Å². The molecule has 0 fully saturated rings. The molecule has 3 rings (SSSR count). The van der Waals surface area contributed by atoms with Crippen molar-refractivity contribution in [2.24, 2.45) is 0 Å². The zero-order valence-electron chi connectivity index (χ0n) is 13.5. The van der Waals surface area contributed by atoms with Crippen molar-refractivity contribution in [3.63, 3.8) is 0 Å². The summed E-state index contributed by atoms with van der Waals surface area (Å²) in [6.45, 7) is 1.59. The molecule has 3 aromatic rings. The fourth-order valence-corrected chi connectivity index (χ4v) is 2.98. The van der Waals surface area contributed by atoms with Crippen molar-refractivity contribution in [2.75, 3.05) is 5.32 Å². The predicted molar refractivity (Wildman–Crippen MR) is 91.6 cm³/mol. The van der Waals surface area contributed by atoms with Gasteiger partial charge in [-0.25, -0.2) is 13.2 Å². The van der Waals surface area contributed by atoms with E-state index >= 15 is 0 Å². The molecular weight excluding hydrogens is 365 g/mol. The molecule has 1 aromatic heterocycles. The average molecular weight is 378 g/mol. The predicted octanol–water partition coefficient (Wildman–Crippen LogP) is 3.80. The Bertz CT molecular complexity index is 933. The number of rotatable bonds is 5. The highest BCUT2D eigenvalue weighted by Crippen LogP contribution is 2.26. The molecule has 0 bridgehead atoms. The maximum atomic E-state index is 13.7. The SMILES string of the molecule is CC(Sc1nncn1-c1ccccc1)C(=O)Nc1ccc(F)c(F)c1F. The van der Waals surface area contributed by atoms with Gasteiger partial charge in [-0.1, -0.05) is 30.0 Å². The molecule has 0 aliphatic heterocycles. The van der Waals surface area contributed by atoms with Crippen LogP contribution < -0.4 is 5.32 Å². The molecule has 0 saturated heterocycles. The first-order valence-electron chi connectivity index (χ1n) is 7.54. The van der Waals surface area contributed by atoms with Gasteiger partial charge < -0.3 is 5.32 Å². The van der Waals surface area contributed by atoms with Gasteiger partial charge in [-0.15, -0.1) is 10.2 Å². The number of thioether (sulfide) groups is 1. The second kappa shape index (κ2) is 7.61. The van der Waals surface area contributed by atoms with E-state index in [2.05, 4.69) is 15.5 Å². The minimum absolute atomic E-state index is 0.425. The topological polar surface area (TPSA) is 59.8 Å². The van der Waals surface area contributed by atoms with Crippen LogP contribution in [0.4, 0.5) is 18.9 Å². The van der Waals surface area contributed by atoms with E-state index in [1.54, 1.807) is 11.5 Å². The Morgan fingerprint density at radius 3 is 2.58 bits per heavy atom. The van der Waals surface area contributed by atoms with Gasteiger partial charge in [0.05, 0.1) is 10.9 Å². The molecule has 1 amide bonds. The third-order valence-corrected chi connectivity index (χ3v) is 4.55. The van der Waals surface area contributed by atoms with Crippen molar-refractivity contribution in [2.45, 2.75) is 17.3 Å². The summed E-state index contributed by atoms with van der Waals surface area (Å²) in [6, 6.07) is 11.0. The quantitative estimate of drug-likeness (QED) is 0.542. The normalized spacial score (nSPS) is 12.0. The van der Waals surface area contributed by atoms with Gasteiger partial charge in [0.1, 0.15) is 6.33 Å². The largest absolute Gasteiger partial charge is 0.323 e. The van der Waals surface area contributed by atoms with E-state index in [1.807, 2.05) is 30.3 Å². The molecule has 1 N–H and O–H groups in total. The molecule has 0 spiro atoms. The second-order valence-electron chi connectivity index (χ2n) is 5.29. The molecule has 1 unspecified atom stereocenters. The van der Waals surface area contributed by atoms with Crippen molar-refractivity contribution in [3.05, 3.63) is 66.2 Å². The fourth-order valence-electron chi connectivity index (χ4n) is 2.14. The Morgan fingerprint density at radius 1 is 1.12 bits per heavy atom. The molecule has 134 valence electrons. The highest BCUT2D eigenvalue weighted by Gasteiger charge is 2.21. The average Bonchev–Trinajstić information content (AvgIpc) is 3.11. The molecule has 0 radical (unpaired) electrons. The molecule has 9 heteroatoms. The van der Waals surface area contributed by atoms with E-state index in [0.29, 0.717) is 5.16 Å². The zero-order chi connectivity index (χ0) is 18.7. The lowest BCUT2D eigenvalue weighted by Gasteiger charge is -2.13. The summed E-state index contributed by atoms with van der Waals surface area (Å²) in [5, 5.41) is 9.84. The molecule has 26 heavy (non-hydrogen) atoms.